The van der Waals surface area contributed by atoms with Crippen molar-refractivity contribution in [2.45, 2.75) is 27.1 Å². The number of allylic oxidation sites excluding steroid dienone is 1. The number of carbonyl (C=O) groups excluding carboxylic acids is 1. The molecule has 0 N–H and O–H groups in total. The molecule has 0 unspecified atom stereocenters. The van der Waals surface area contributed by atoms with Gasteiger partial charge in [-0.25, -0.2) is 8.78 Å². The topological polar surface area (TPSA) is 35.5 Å². The lowest BCUT2D eigenvalue weighted by Gasteiger charge is -2.14. The molecule has 1 aromatic rings. The summed E-state index contributed by atoms with van der Waals surface area (Å²) in [6.07, 6.45) is -1.13. The van der Waals surface area contributed by atoms with E-state index in [9.17, 15) is 22.4 Å². The quantitative estimate of drug-likeness (QED) is 0.282. The molecular formula is C17H16Br2F4O3. The number of carbonyl (C=O) groups is 1. The maximum atomic E-state index is 14.3. The van der Waals surface area contributed by atoms with Gasteiger partial charge in [0.25, 0.3) is 6.08 Å². The second kappa shape index (κ2) is 7.98. The third-order valence-electron chi connectivity index (χ3n) is 4.56. The average molecular weight is 504 g/mol. The van der Waals surface area contributed by atoms with Crippen molar-refractivity contribution in [2.75, 3.05) is 7.11 Å². The van der Waals surface area contributed by atoms with Gasteiger partial charge in [-0.05, 0) is 43.4 Å². The highest BCUT2D eigenvalue weighted by Gasteiger charge is 2.62. The van der Waals surface area contributed by atoms with Gasteiger partial charge in [-0.2, -0.15) is 8.78 Å². The number of benzene rings is 1. The first-order chi connectivity index (χ1) is 12.0. The van der Waals surface area contributed by atoms with Crippen LogP contribution < -0.4 is 0 Å². The predicted molar refractivity (Wildman–Crippen MR) is 93.3 cm³/mol. The summed E-state index contributed by atoms with van der Waals surface area (Å²) in [4.78, 5) is 12.2. The van der Waals surface area contributed by atoms with E-state index in [1.54, 1.807) is 13.8 Å². The zero-order chi connectivity index (χ0) is 19.8. The molecule has 0 spiro atoms. The van der Waals surface area contributed by atoms with Crippen LogP contribution in [0.15, 0.2) is 21.1 Å². The fraction of sp³-hybridized carbons (Fsp3) is 0.471. The van der Waals surface area contributed by atoms with Crippen LogP contribution in [0.4, 0.5) is 17.6 Å². The van der Waals surface area contributed by atoms with Gasteiger partial charge in [-0.1, -0.05) is 13.8 Å². The van der Waals surface area contributed by atoms with E-state index in [1.807, 2.05) is 0 Å². The number of rotatable bonds is 6. The van der Waals surface area contributed by atoms with Gasteiger partial charge in [-0.15, -0.1) is 0 Å². The molecule has 144 valence electrons. The monoisotopic (exact) mass is 502 g/mol. The van der Waals surface area contributed by atoms with Gasteiger partial charge in [0.1, 0.15) is 18.2 Å². The van der Waals surface area contributed by atoms with E-state index in [0.29, 0.717) is 0 Å². The van der Waals surface area contributed by atoms with Gasteiger partial charge in [-0.3, -0.25) is 4.79 Å². The summed E-state index contributed by atoms with van der Waals surface area (Å²) in [5.74, 6) is -3.78. The first-order valence-corrected chi connectivity index (χ1v) is 9.14. The molecule has 26 heavy (non-hydrogen) atoms. The van der Waals surface area contributed by atoms with Gasteiger partial charge in [0.05, 0.1) is 27.0 Å². The molecule has 1 saturated carbocycles. The summed E-state index contributed by atoms with van der Waals surface area (Å²) in [5, 5.41) is 0. The predicted octanol–water partition coefficient (Wildman–Crippen LogP) is 5.73. The highest BCUT2D eigenvalue weighted by atomic mass is 79.9. The molecule has 0 saturated heterocycles. The first-order valence-electron chi connectivity index (χ1n) is 7.56. The van der Waals surface area contributed by atoms with Crippen molar-refractivity contribution in [2.24, 2.45) is 17.3 Å². The normalized spacial score (nSPS) is 20.7. The van der Waals surface area contributed by atoms with Gasteiger partial charge >= 0.3 is 5.97 Å². The summed E-state index contributed by atoms with van der Waals surface area (Å²) in [6, 6.07) is 0. The standard InChI is InChI=1S/C17H16Br2F4O3/c1-17(2)9(4-10(20)21)11(17)16(24)26-6-7-12(18)14(22)8(5-25-3)15(23)13(7)19/h4,9,11H,5-6H2,1-3H3/t9-,11+/m1/s1. The van der Waals surface area contributed by atoms with Crippen LogP contribution in [0.25, 0.3) is 0 Å². The van der Waals surface area contributed by atoms with Crippen LogP contribution in [-0.2, 0) is 27.5 Å². The first kappa shape index (κ1) is 21.4. The summed E-state index contributed by atoms with van der Waals surface area (Å²) < 4.78 is 63.3. The van der Waals surface area contributed by atoms with Gasteiger partial charge in [0, 0.05) is 18.6 Å². The molecule has 1 fully saturated rings. The third kappa shape index (κ3) is 3.99. The number of halogens is 6. The Hall–Kier alpha value is -0.930. The molecule has 1 aliphatic carbocycles. The lowest BCUT2D eigenvalue weighted by Crippen LogP contribution is -2.12. The SMILES string of the molecule is COCc1c(F)c(Br)c(COC(=O)[C@@H]2[C@@H](C=C(F)F)C2(C)C)c(Br)c1F. The average Bonchev–Trinajstić information content (AvgIpc) is 3.09. The van der Waals surface area contributed by atoms with Crippen molar-refractivity contribution in [3.63, 3.8) is 0 Å². The zero-order valence-corrected chi connectivity index (χ0v) is 17.3. The van der Waals surface area contributed by atoms with E-state index in [-0.39, 0.29) is 26.7 Å². The largest absolute Gasteiger partial charge is 0.460 e. The number of hydrogen-bond acceptors (Lipinski definition) is 3. The summed E-state index contributed by atoms with van der Waals surface area (Å²) in [6.45, 7) is 2.66. The van der Waals surface area contributed by atoms with Crippen molar-refractivity contribution >= 4 is 37.8 Å². The minimum atomic E-state index is -1.86. The molecule has 0 aromatic heterocycles. The van der Waals surface area contributed by atoms with E-state index in [2.05, 4.69) is 31.9 Å². The molecule has 1 aromatic carbocycles. The Labute approximate surface area is 165 Å². The summed E-state index contributed by atoms with van der Waals surface area (Å²) in [7, 11) is 1.30. The Morgan fingerprint density at radius 1 is 1.12 bits per heavy atom. The van der Waals surface area contributed by atoms with Crippen molar-refractivity contribution in [1.29, 1.82) is 0 Å². The maximum absolute atomic E-state index is 14.3. The fourth-order valence-electron chi connectivity index (χ4n) is 2.93. The van der Waals surface area contributed by atoms with E-state index < -0.39 is 47.5 Å². The molecule has 0 aliphatic heterocycles. The van der Waals surface area contributed by atoms with Crippen molar-refractivity contribution in [3.8, 4) is 0 Å². The highest BCUT2D eigenvalue weighted by molar-refractivity contribution is 9.11. The highest BCUT2D eigenvalue weighted by Crippen LogP contribution is 2.60. The molecular weight excluding hydrogens is 488 g/mol. The molecule has 9 heteroatoms. The number of ether oxygens (including phenoxy) is 2. The Balaban J connectivity index is 2.18. The fourth-order valence-corrected chi connectivity index (χ4v) is 4.30. The van der Waals surface area contributed by atoms with Crippen LogP contribution in [-0.4, -0.2) is 13.1 Å². The molecule has 1 aliphatic rings. The minimum Gasteiger partial charge on any atom is -0.460 e. The Morgan fingerprint density at radius 3 is 2.12 bits per heavy atom. The van der Waals surface area contributed by atoms with Crippen LogP contribution in [0.3, 0.4) is 0 Å². The van der Waals surface area contributed by atoms with Crippen LogP contribution in [0.5, 0.6) is 0 Å². The minimum absolute atomic E-state index is 0.0630. The second-order valence-corrected chi connectivity index (χ2v) is 8.12. The zero-order valence-electron chi connectivity index (χ0n) is 14.1. The van der Waals surface area contributed by atoms with E-state index >= 15 is 0 Å². The van der Waals surface area contributed by atoms with Crippen molar-refractivity contribution in [3.05, 3.63) is 43.9 Å². The molecule has 0 radical (unpaired) electrons. The number of esters is 1. The molecule has 2 atom stereocenters. The number of methoxy groups -OCH3 is 1. The lowest BCUT2D eigenvalue weighted by atomic mass is 10.1. The Bertz CT molecular complexity index is 732. The Kier molecular flexibility index (Phi) is 6.56. The third-order valence-corrected chi connectivity index (χ3v) is 6.22. The lowest BCUT2D eigenvalue weighted by molar-refractivity contribution is -0.147. The van der Waals surface area contributed by atoms with Gasteiger partial charge < -0.3 is 9.47 Å². The van der Waals surface area contributed by atoms with Crippen molar-refractivity contribution < 1.29 is 31.8 Å². The Morgan fingerprint density at radius 2 is 1.65 bits per heavy atom. The van der Waals surface area contributed by atoms with Crippen LogP contribution >= 0.6 is 31.9 Å². The van der Waals surface area contributed by atoms with Crippen LogP contribution in [0.2, 0.25) is 0 Å². The van der Waals surface area contributed by atoms with Gasteiger partial charge in [0.2, 0.25) is 0 Å². The smallest absolute Gasteiger partial charge is 0.310 e. The molecule has 2 rings (SSSR count). The van der Waals surface area contributed by atoms with Crippen LogP contribution in [0.1, 0.15) is 25.0 Å². The number of hydrogen-bond donors (Lipinski definition) is 0. The van der Waals surface area contributed by atoms with Crippen molar-refractivity contribution in [1.82, 2.24) is 0 Å². The maximum Gasteiger partial charge on any atom is 0.310 e. The van der Waals surface area contributed by atoms with Crippen LogP contribution in [0, 0.1) is 28.9 Å². The molecule has 0 heterocycles. The second-order valence-electron chi connectivity index (χ2n) is 6.53. The van der Waals surface area contributed by atoms with E-state index in [4.69, 9.17) is 9.47 Å². The van der Waals surface area contributed by atoms with E-state index in [1.165, 1.54) is 7.11 Å². The summed E-state index contributed by atoms with van der Waals surface area (Å²) >= 11 is 6.06. The molecule has 0 amide bonds. The molecule has 0 bridgehead atoms. The van der Waals surface area contributed by atoms with E-state index in [0.717, 1.165) is 6.08 Å². The summed E-state index contributed by atoms with van der Waals surface area (Å²) in [5.41, 5.74) is -0.864. The van der Waals surface area contributed by atoms with Gasteiger partial charge in [0.15, 0.2) is 0 Å². The molecule has 3 nitrogen and oxygen atoms in total.